The van der Waals surface area contributed by atoms with Gasteiger partial charge >= 0.3 is 0 Å². The van der Waals surface area contributed by atoms with Crippen molar-refractivity contribution in [2.24, 2.45) is 0 Å². The number of aromatic nitrogens is 4. The maximum absolute atomic E-state index is 12.5. The summed E-state index contributed by atoms with van der Waals surface area (Å²) >= 11 is 0. The molecule has 1 aliphatic heterocycles. The van der Waals surface area contributed by atoms with E-state index in [0.717, 1.165) is 18.1 Å². The summed E-state index contributed by atoms with van der Waals surface area (Å²) in [5.41, 5.74) is 1.20. The van der Waals surface area contributed by atoms with E-state index in [2.05, 4.69) is 42.2 Å². The number of imidazole rings is 1. The summed E-state index contributed by atoms with van der Waals surface area (Å²) in [5, 5.41) is 12.7. The van der Waals surface area contributed by atoms with Gasteiger partial charge in [-0.25, -0.2) is 4.98 Å². The SMILES string of the molecule is CCNC(=O)[C@@H]1C[C@H](NC(=O)c2cc(C)[nH]n2)CN1Cc1nccn1CC. The Morgan fingerprint density at radius 1 is 1.37 bits per heavy atom. The fraction of sp³-hybridized carbons (Fsp3) is 0.556. The average molecular weight is 373 g/mol. The van der Waals surface area contributed by atoms with Crippen LogP contribution >= 0.6 is 0 Å². The molecule has 1 aliphatic rings. The Morgan fingerprint density at radius 3 is 2.85 bits per heavy atom. The van der Waals surface area contributed by atoms with E-state index in [9.17, 15) is 9.59 Å². The number of rotatable bonds is 7. The van der Waals surface area contributed by atoms with Gasteiger partial charge in [0.15, 0.2) is 0 Å². The number of aromatic amines is 1. The van der Waals surface area contributed by atoms with Crippen LogP contribution in [0, 0.1) is 6.92 Å². The van der Waals surface area contributed by atoms with Crippen molar-refractivity contribution in [3.05, 3.63) is 35.7 Å². The molecule has 9 nitrogen and oxygen atoms in total. The van der Waals surface area contributed by atoms with Crippen molar-refractivity contribution in [2.75, 3.05) is 13.1 Å². The topological polar surface area (TPSA) is 108 Å². The number of nitrogens with zero attached hydrogens (tertiary/aromatic N) is 4. The van der Waals surface area contributed by atoms with Gasteiger partial charge in [0, 0.05) is 43.8 Å². The average Bonchev–Trinajstić information content (AvgIpc) is 3.35. The first kappa shape index (κ1) is 19.1. The van der Waals surface area contributed by atoms with Crippen LogP contribution in [0.15, 0.2) is 18.5 Å². The molecule has 2 amide bonds. The van der Waals surface area contributed by atoms with E-state index in [1.54, 1.807) is 12.3 Å². The molecule has 0 unspecified atom stereocenters. The van der Waals surface area contributed by atoms with Gasteiger partial charge < -0.3 is 15.2 Å². The molecule has 9 heteroatoms. The van der Waals surface area contributed by atoms with Gasteiger partial charge in [-0.15, -0.1) is 0 Å². The second kappa shape index (κ2) is 8.34. The second-order valence-corrected chi connectivity index (χ2v) is 6.81. The van der Waals surface area contributed by atoms with Gasteiger partial charge in [0.2, 0.25) is 5.91 Å². The summed E-state index contributed by atoms with van der Waals surface area (Å²) in [6.07, 6.45) is 4.27. The van der Waals surface area contributed by atoms with E-state index in [0.29, 0.717) is 31.7 Å². The minimum Gasteiger partial charge on any atom is -0.355 e. The summed E-state index contributed by atoms with van der Waals surface area (Å²) < 4.78 is 2.06. The number of H-pyrrole nitrogens is 1. The Labute approximate surface area is 158 Å². The minimum atomic E-state index is -0.293. The van der Waals surface area contributed by atoms with Crippen LogP contribution in [0.3, 0.4) is 0 Å². The molecule has 0 aliphatic carbocycles. The van der Waals surface area contributed by atoms with Gasteiger partial charge in [-0.3, -0.25) is 19.6 Å². The van der Waals surface area contributed by atoms with Crippen LogP contribution < -0.4 is 10.6 Å². The maximum Gasteiger partial charge on any atom is 0.272 e. The lowest BCUT2D eigenvalue weighted by Gasteiger charge is -2.23. The first-order chi connectivity index (χ1) is 13.0. The standard InChI is InChI=1S/C18H27N7O2/c1-4-19-18(27)15-9-13(21-17(26)14-8-12(3)22-23-14)10-25(15)11-16-20-6-7-24(16)5-2/h6-8,13,15H,4-5,9-11H2,1-3H3,(H,19,27)(H,21,26)(H,22,23)/t13-,15-/m0/s1. The number of likely N-dealkylation sites (tertiary alicyclic amines) is 1. The zero-order valence-electron chi connectivity index (χ0n) is 16.0. The Morgan fingerprint density at radius 2 is 2.19 bits per heavy atom. The van der Waals surface area contributed by atoms with E-state index in [-0.39, 0.29) is 23.9 Å². The first-order valence-corrected chi connectivity index (χ1v) is 9.36. The summed E-state index contributed by atoms with van der Waals surface area (Å²) in [4.78, 5) is 31.4. The molecule has 0 bridgehead atoms. The number of hydrogen-bond donors (Lipinski definition) is 3. The van der Waals surface area contributed by atoms with Crippen molar-refractivity contribution >= 4 is 11.8 Å². The number of nitrogens with one attached hydrogen (secondary N) is 3. The van der Waals surface area contributed by atoms with E-state index in [4.69, 9.17) is 0 Å². The van der Waals surface area contributed by atoms with E-state index in [1.807, 2.05) is 20.0 Å². The maximum atomic E-state index is 12.5. The van der Waals surface area contributed by atoms with Gasteiger partial charge in [-0.1, -0.05) is 0 Å². The molecule has 2 atom stereocenters. The molecule has 3 heterocycles. The second-order valence-electron chi connectivity index (χ2n) is 6.81. The molecule has 0 radical (unpaired) electrons. The van der Waals surface area contributed by atoms with E-state index >= 15 is 0 Å². The predicted molar refractivity (Wildman–Crippen MR) is 100.0 cm³/mol. The third-order valence-electron chi connectivity index (χ3n) is 4.82. The molecule has 0 saturated carbocycles. The molecule has 3 rings (SSSR count). The minimum absolute atomic E-state index is 0.0144. The third kappa shape index (κ3) is 4.36. The van der Waals surface area contributed by atoms with Gasteiger partial charge in [0.05, 0.1) is 12.6 Å². The van der Waals surface area contributed by atoms with Crippen molar-refractivity contribution < 1.29 is 9.59 Å². The molecule has 1 saturated heterocycles. The van der Waals surface area contributed by atoms with Crippen LogP contribution in [0.1, 0.15) is 42.3 Å². The van der Waals surface area contributed by atoms with Crippen molar-refractivity contribution in [1.29, 1.82) is 0 Å². The predicted octanol–water partition coefficient (Wildman–Crippen LogP) is 0.444. The van der Waals surface area contributed by atoms with Gasteiger partial charge in [0.1, 0.15) is 11.5 Å². The highest BCUT2D eigenvalue weighted by atomic mass is 16.2. The molecular weight excluding hydrogens is 346 g/mol. The summed E-state index contributed by atoms with van der Waals surface area (Å²) in [7, 11) is 0. The number of amides is 2. The van der Waals surface area contributed by atoms with Crippen LogP contribution in [0.2, 0.25) is 0 Å². The molecule has 2 aromatic heterocycles. The molecular formula is C18H27N7O2. The molecule has 3 N–H and O–H groups in total. The zero-order valence-corrected chi connectivity index (χ0v) is 16.0. The largest absolute Gasteiger partial charge is 0.355 e. The highest BCUT2D eigenvalue weighted by Crippen LogP contribution is 2.21. The van der Waals surface area contributed by atoms with E-state index in [1.165, 1.54) is 0 Å². The van der Waals surface area contributed by atoms with Crippen LogP contribution in [0.5, 0.6) is 0 Å². The Bertz CT molecular complexity index is 797. The number of carbonyl (C=O) groups excluding carboxylic acids is 2. The molecule has 1 fully saturated rings. The van der Waals surface area contributed by atoms with Crippen LogP contribution in [-0.4, -0.2) is 61.6 Å². The lowest BCUT2D eigenvalue weighted by atomic mass is 10.1. The molecule has 2 aromatic rings. The van der Waals surface area contributed by atoms with Crippen molar-refractivity contribution in [1.82, 2.24) is 35.3 Å². The first-order valence-electron chi connectivity index (χ1n) is 9.36. The molecule has 146 valence electrons. The quantitative estimate of drug-likeness (QED) is 0.653. The lowest BCUT2D eigenvalue weighted by molar-refractivity contribution is -0.125. The molecule has 0 spiro atoms. The number of carbonyl (C=O) groups is 2. The smallest absolute Gasteiger partial charge is 0.272 e. The monoisotopic (exact) mass is 373 g/mol. The van der Waals surface area contributed by atoms with Crippen LogP contribution in [-0.2, 0) is 17.9 Å². The van der Waals surface area contributed by atoms with Crippen LogP contribution in [0.4, 0.5) is 0 Å². The Hall–Kier alpha value is -2.68. The van der Waals surface area contributed by atoms with Crippen LogP contribution in [0.25, 0.3) is 0 Å². The number of hydrogen-bond acceptors (Lipinski definition) is 5. The highest BCUT2D eigenvalue weighted by molar-refractivity contribution is 5.92. The van der Waals surface area contributed by atoms with Crippen molar-refractivity contribution in [3.63, 3.8) is 0 Å². The van der Waals surface area contributed by atoms with Gasteiger partial charge in [-0.2, -0.15) is 5.10 Å². The summed E-state index contributed by atoms with van der Waals surface area (Å²) in [5.74, 6) is 0.678. The van der Waals surface area contributed by atoms with Gasteiger partial charge in [0.25, 0.3) is 5.91 Å². The van der Waals surface area contributed by atoms with Crippen molar-refractivity contribution in [3.8, 4) is 0 Å². The number of likely N-dealkylation sites (N-methyl/N-ethyl adjacent to an activating group) is 1. The Balaban J connectivity index is 1.70. The summed E-state index contributed by atoms with van der Waals surface area (Å²) in [6, 6.07) is 1.30. The van der Waals surface area contributed by atoms with Crippen molar-refractivity contribution in [2.45, 2.75) is 52.4 Å². The fourth-order valence-corrected chi connectivity index (χ4v) is 3.50. The molecule has 0 aromatic carbocycles. The molecule has 27 heavy (non-hydrogen) atoms. The fourth-order valence-electron chi connectivity index (χ4n) is 3.50. The highest BCUT2D eigenvalue weighted by Gasteiger charge is 2.38. The normalized spacial score (nSPS) is 20.0. The Kier molecular flexibility index (Phi) is 5.90. The third-order valence-corrected chi connectivity index (χ3v) is 4.82. The lowest BCUT2D eigenvalue weighted by Crippen LogP contribution is -2.43. The summed E-state index contributed by atoms with van der Waals surface area (Å²) in [6.45, 7) is 8.38. The van der Waals surface area contributed by atoms with E-state index < -0.39 is 0 Å². The zero-order chi connectivity index (χ0) is 19.4. The number of aryl methyl sites for hydroxylation is 2. The van der Waals surface area contributed by atoms with Gasteiger partial charge in [-0.05, 0) is 33.3 Å².